The van der Waals surface area contributed by atoms with E-state index in [1.165, 1.54) is 51.4 Å². The number of rotatable bonds is 0. The second-order valence-electron chi connectivity index (χ2n) is 5.25. The average molecular weight is 289 g/mol. The molecule has 2 saturated heterocycles. The first kappa shape index (κ1) is 10.3. The maximum absolute atomic E-state index is 2.71. The quantitative estimate of drug-likeness (QED) is 0.357. The Morgan fingerprint density at radius 2 is 1.62 bits per heavy atom. The Labute approximate surface area is 96.6 Å². The zero-order valence-electron chi connectivity index (χ0n) is 8.61. The summed E-state index contributed by atoms with van der Waals surface area (Å²) in [5.41, 5.74) is 0. The molecule has 2 bridgehead atoms. The van der Waals surface area contributed by atoms with Crippen molar-refractivity contribution in [2.75, 3.05) is 0 Å². The van der Waals surface area contributed by atoms with Gasteiger partial charge in [0.15, 0.2) is 0 Å². The molecule has 0 aromatic heterocycles. The molecule has 0 N–H and O–H groups in total. The fourth-order valence-electron chi connectivity index (χ4n) is 2.96. The summed E-state index contributed by atoms with van der Waals surface area (Å²) < 4.78 is 0.566. The molecule has 2 aliphatic rings. The molecule has 0 aromatic rings. The standard InChI is InChI=1S/C11H19BI/c1-10-6-4-2-3-5-7-11(13,12-10)9-8-10/h2-9H2,1H3. The number of alkyl halides is 1. The average Bonchev–Trinajstić information content (AvgIpc) is 2.39. The highest BCUT2D eigenvalue weighted by Gasteiger charge is 2.44. The van der Waals surface area contributed by atoms with Crippen LogP contribution in [0.3, 0.4) is 0 Å². The minimum absolute atomic E-state index is 0.566. The summed E-state index contributed by atoms with van der Waals surface area (Å²) in [6.45, 7) is 2.47. The third kappa shape index (κ3) is 2.43. The third-order valence-corrected chi connectivity index (χ3v) is 5.20. The summed E-state index contributed by atoms with van der Waals surface area (Å²) in [7, 11) is 2.69. The predicted octanol–water partition coefficient (Wildman–Crippen LogP) is 4.15. The lowest BCUT2D eigenvalue weighted by Crippen LogP contribution is -2.27. The second-order valence-corrected chi connectivity index (χ2v) is 7.40. The van der Waals surface area contributed by atoms with Crippen molar-refractivity contribution in [3.05, 3.63) is 0 Å². The Kier molecular flexibility index (Phi) is 2.97. The van der Waals surface area contributed by atoms with Crippen LogP contribution in [-0.2, 0) is 0 Å². The molecule has 2 heteroatoms. The van der Waals surface area contributed by atoms with Crippen LogP contribution in [0.2, 0.25) is 5.31 Å². The number of halogens is 1. The van der Waals surface area contributed by atoms with Gasteiger partial charge in [0, 0.05) is 0 Å². The number of hydrogen-bond acceptors (Lipinski definition) is 0. The fraction of sp³-hybridized carbons (Fsp3) is 1.00. The molecule has 13 heavy (non-hydrogen) atoms. The highest BCUT2D eigenvalue weighted by Crippen LogP contribution is 2.53. The van der Waals surface area contributed by atoms with Crippen LogP contribution in [0.1, 0.15) is 58.3 Å². The van der Waals surface area contributed by atoms with Gasteiger partial charge in [0.2, 0.25) is 0 Å². The van der Waals surface area contributed by atoms with Crippen LogP contribution in [0.5, 0.6) is 0 Å². The van der Waals surface area contributed by atoms with Crippen LogP contribution in [-0.4, -0.2) is 10.6 Å². The van der Waals surface area contributed by atoms with Crippen molar-refractivity contribution < 1.29 is 0 Å². The molecule has 0 spiro atoms. The lowest BCUT2D eigenvalue weighted by atomic mass is 9.49. The summed E-state index contributed by atoms with van der Waals surface area (Å²) in [4.78, 5) is 0. The van der Waals surface area contributed by atoms with E-state index in [1.54, 1.807) is 0 Å². The van der Waals surface area contributed by atoms with Gasteiger partial charge in [-0.25, -0.2) is 0 Å². The van der Waals surface area contributed by atoms with E-state index in [0.717, 1.165) is 0 Å². The molecular weight excluding hydrogens is 270 g/mol. The molecule has 0 nitrogen and oxygen atoms in total. The van der Waals surface area contributed by atoms with Crippen LogP contribution >= 0.6 is 22.6 Å². The van der Waals surface area contributed by atoms with Crippen LogP contribution in [0, 0.1) is 0 Å². The zero-order valence-corrected chi connectivity index (χ0v) is 10.8. The molecule has 0 aliphatic carbocycles. The van der Waals surface area contributed by atoms with Crippen molar-refractivity contribution in [1.29, 1.82) is 0 Å². The van der Waals surface area contributed by atoms with Gasteiger partial charge in [-0.15, -0.1) is 0 Å². The van der Waals surface area contributed by atoms with Gasteiger partial charge in [0.05, 0.1) is 0 Å². The first-order valence-corrected chi connectivity index (χ1v) is 6.76. The largest absolute Gasteiger partial charge is 0.139 e. The van der Waals surface area contributed by atoms with Crippen molar-refractivity contribution in [1.82, 2.24) is 0 Å². The molecule has 0 amide bonds. The molecular formula is C11H19BI. The second kappa shape index (κ2) is 3.75. The SMILES string of the molecule is CC12[B]C(I)(CCCCCC1)CC2. The van der Waals surface area contributed by atoms with Crippen molar-refractivity contribution in [3.63, 3.8) is 0 Å². The Hall–Kier alpha value is 0.795. The van der Waals surface area contributed by atoms with Crippen LogP contribution < -0.4 is 0 Å². The first-order chi connectivity index (χ1) is 6.12. The van der Waals surface area contributed by atoms with Crippen molar-refractivity contribution in [2.45, 2.75) is 66.9 Å². The van der Waals surface area contributed by atoms with Gasteiger partial charge >= 0.3 is 0 Å². The number of fused-ring (bicyclic) bond motifs is 2. The van der Waals surface area contributed by atoms with E-state index in [0.29, 0.717) is 8.64 Å². The summed E-state index contributed by atoms with van der Waals surface area (Å²) in [6, 6.07) is 0. The third-order valence-electron chi connectivity index (χ3n) is 3.81. The van der Waals surface area contributed by atoms with Crippen LogP contribution in [0.4, 0.5) is 0 Å². The van der Waals surface area contributed by atoms with E-state index >= 15 is 0 Å². The molecule has 1 radical (unpaired) electrons. The zero-order chi connectivity index (χ0) is 9.36. The fourth-order valence-corrected chi connectivity index (χ4v) is 4.36. The van der Waals surface area contributed by atoms with E-state index in [4.69, 9.17) is 0 Å². The topological polar surface area (TPSA) is 0 Å². The molecule has 2 fully saturated rings. The lowest BCUT2D eigenvalue weighted by molar-refractivity contribution is 0.468. The Bertz CT molecular complexity index is 175. The van der Waals surface area contributed by atoms with E-state index in [2.05, 4.69) is 36.8 Å². The molecule has 0 saturated carbocycles. The van der Waals surface area contributed by atoms with Gasteiger partial charge in [0.1, 0.15) is 7.28 Å². The normalized spacial score (nSPS) is 46.0. The van der Waals surface area contributed by atoms with E-state index in [-0.39, 0.29) is 0 Å². The molecule has 2 rings (SSSR count). The molecule has 2 unspecified atom stereocenters. The first-order valence-electron chi connectivity index (χ1n) is 5.68. The summed E-state index contributed by atoms with van der Waals surface area (Å²) >= 11 is 2.71. The summed E-state index contributed by atoms with van der Waals surface area (Å²) in [5.74, 6) is 0. The molecule has 2 atom stereocenters. The van der Waals surface area contributed by atoms with Gasteiger partial charge in [-0.2, -0.15) is 0 Å². The summed E-state index contributed by atoms with van der Waals surface area (Å²) in [6.07, 6.45) is 11.6. The van der Waals surface area contributed by atoms with Crippen LogP contribution in [0.25, 0.3) is 0 Å². The van der Waals surface area contributed by atoms with Gasteiger partial charge in [-0.1, -0.05) is 73.4 Å². The smallest absolute Gasteiger partial charge is 0.0887 e. The molecule has 2 heterocycles. The monoisotopic (exact) mass is 289 g/mol. The molecule has 2 aliphatic heterocycles. The van der Waals surface area contributed by atoms with Gasteiger partial charge in [-0.05, 0) is 16.2 Å². The maximum atomic E-state index is 2.71. The lowest BCUT2D eigenvalue weighted by Gasteiger charge is -2.25. The van der Waals surface area contributed by atoms with Gasteiger partial charge < -0.3 is 0 Å². The summed E-state index contributed by atoms with van der Waals surface area (Å²) in [5, 5.41) is 0.589. The van der Waals surface area contributed by atoms with Crippen LogP contribution in [0.15, 0.2) is 0 Å². The minimum atomic E-state index is 0.566. The van der Waals surface area contributed by atoms with E-state index < -0.39 is 0 Å². The Morgan fingerprint density at radius 3 is 2.38 bits per heavy atom. The van der Waals surface area contributed by atoms with Crippen molar-refractivity contribution in [2.24, 2.45) is 0 Å². The van der Waals surface area contributed by atoms with Crippen molar-refractivity contribution in [3.8, 4) is 0 Å². The Balaban J connectivity index is 2.08. The highest BCUT2D eigenvalue weighted by atomic mass is 127. The van der Waals surface area contributed by atoms with Crippen molar-refractivity contribution >= 4 is 29.9 Å². The van der Waals surface area contributed by atoms with Gasteiger partial charge in [-0.3, -0.25) is 0 Å². The number of hydrogen-bond donors (Lipinski definition) is 0. The molecule has 73 valence electrons. The Morgan fingerprint density at radius 1 is 0.923 bits per heavy atom. The predicted molar refractivity (Wildman–Crippen MR) is 67.8 cm³/mol. The molecule has 0 aromatic carbocycles. The maximum Gasteiger partial charge on any atom is 0.139 e. The minimum Gasteiger partial charge on any atom is -0.0887 e. The van der Waals surface area contributed by atoms with E-state index in [1.807, 2.05) is 0 Å². The van der Waals surface area contributed by atoms with E-state index in [9.17, 15) is 0 Å². The van der Waals surface area contributed by atoms with Gasteiger partial charge in [0.25, 0.3) is 0 Å². The highest BCUT2D eigenvalue weighted by molar-refractivity contribution is 14.1.